The zero-order valence-electron chi connectivity index (χ0n) is 13.8. The molecule has 2 aromatic rings. The van der Waals surface area contributed by atoms with Gasteiger partial charge in [-0.15, -0.1) is 0 Å². The van der Waals surface area contributed by atoms with Crippen molar-refractivity contribution in [2.45, 2.75) is 25.3 Å². The summed E-state index contributed by atoms with van der Waals surface area (Å²) in [5.74, 6) is 0. The number of carbonyl (C=O) groups is 1. The van der Waals surface area contributed by atoms with E-state index in [1.54, 1.807) is 0 Å². The van der Waals surface area contributed by atoms with Gasteiger partial charge in [-0.1, -0.05) is 60.1 Å². The second-order valence-electron chi connectivity index (χ2n) is 6.09. The Morgan fingerprint density at radius 1 is 1.16 bits per heavy atom. The Labute approximate surface area is 152 Å². The summed E-state index contributed by atoms with van der Waals surface area (Å²) in [7, 11) is 0. The van der Waals surface area contributed by atoms with Gasteiger partial charge >= 0.3 is 6.09 Å². The molecule has 3 rings (SSSR count). The van der Waals surface area contributed by atoms with Gasteiger partial charge < -0.3 is 20.1 Å². The lowest BCUT2D eigenvalue weighted by molar-refractivity contribution is 0.0969. The number of halogens is 1. The van der Waals surface area contributed by atoms with Crippen molar-refractivity contribution in [2.75, 3.05) is 13.1 Å². The summed E-state index contributed by atoms with van der Waals surface area (Å²) in [6, 6.07) is 16.9. The fourth-order valence-corrected chi connectivity index (χ4v) is 3.03. The molecule has 1 saturated heterocycles. The van der Waals surface area contributed by atoms with Gasteiger partial charge in [-0.25, -0.2) is 4.79 Å². The summed E-state index contributed by atoms with van der Waals surface area (Å²) < 4.78 is 5.32. The van der Waals surface area contributed by atoms with Crippen LogP contribution in [0.2, 0.25) is 5.02 Å². The van der Waals surface area contributed by atoms with Gasteiger partial charge in [0.15, 0.2) is 0 Å². The fourth-order valence-electron chi connectivity index (χ4n) is 2.83. The molecule has 2 atom stereocenters. The van der Waals surface area contributed by atoms with Gasteiger partial charge in [-0.3, -0.25) is 0 Å². The lowest BCUT2D eigenvalue weighted by Crippen LogP contribution is -2.39. The molecule has 1 heterocycles. The van der Waals surface area contributed by atoms with Crippen molar-refractivity contribution < 1.29 is 14.6 Å². The van der Waals surface area contributed by atoms with E-state index in [1.165, 1.54) is 4.90 Å². The Kier molecular flexibility index (Phi) is 5.91. The first-order chi connectivity index (χ1) is 12.1. The number of nitrogens with zero attached hydrogens (tertiary/aromatic N) is 1. The lowest BCUT2D eigenvalue weighted by atomic mass is 10.2. The molecule has 1 aliphatic heterocycles. The first-order valence-electron chi connectivity index (χ1n) is 8.24. The summed E-state index contributed by atoms with van der Waals surface area (Å²) in [5, 5.41) is 14.1. The molecule has 25 heavy (non-hydrogen) atoms. The Morgan fingerprint density at radius 2 is 1.88 bits per heavy atom. The van der Waals surface area contributed by atoms with E-state index in [1.807, 2.05) is 54.6 Å². The topological polar surface area (TPSA) is 61.8 Å². The molecule has 1 fully saturated rings. The predicted molar refractivity (Wildman–Crippen MR) is 96.3 cm³/mol. The Morgan fingerprint density at radius 3 is 2.64 bits per heavy atom. The third-order valence-electron chi connectivity index (χ3n) is 4.26. The van der Waals surface area contributed by atoms with Crippen LogP contribution in [0.25, 0.3) is 0 Å². The molecule has 6 heteroatoms. The normalized spacial score (nSPS) is 19.8. The zero-order valence-corrected chi connectivity index (χ0v) is 14.5. The van der Waals surface area contributed by atoms with Crippen molar-refractivity contribution in [3.05, 3.63) is 70.7 Å². The fraction of sp³-hybridized carbons (Fsp3) is 0.316. The van der Waals surface area contributed by atoms with Crippen LogP contribution in [0.15, 0.2) is 54.6 Å². The van der Waals surface area contributed by atoms with E-state index in [0.29, 0.717) is 18.1 Å². The minimum Gasteiger partial charge on any atom is -0.445 e. The summed E-state index contributed by atoms with van der Waals surface area (Å²) in [6.45, 7) is 1.42. The van der Waals surface area contributed by atoms with Crippen LogP contribution in [0.1, 0.15) is 11.1 Å². The molecule has 0 spiro atoms. The Balaban J connectivity index is 1.49. The number of aliphatic hydroxyl groups is 1. The monoisotopic (exact) mass is 360 g/mol. The number of nitrogens with one attached hydrogen (secondary N) is 1. The van der Waals surface area contributed by atoms with Crippen LogP contribution < -0.4 is 5.32 Å². The molecule has 5 nitrogen and oxygen atoms in total. The first kappa shape index (κ1) is 17.7. The number of aliphatic hydroxyl groups excluding tert-OH is 1. The minimum absolute atomic E-state index is 0.208. The number of rotatable bonds is 5. The standard InChI is InChI=1S/C19H21ClN2O3/c20-16-9-5-4-8-15(16)10-21-17-11-22(12-18(17)23)19(24)25-13-14-6-2-1-3-7-14/h1-9,17-18,21,23H,10-13H2/t17-,18-/m0/s1. The molecule has 0 saturated carbocycles. The third kappa shape index (κ3) is 4.72. The van der Waals surface area contributed by atoms with E-state index in [9.17, 15) is 9.90 Å². The van der Waals surface area contributed by atoms with Crippen LogP contribution in [0.4, 0.5) is 4.79 Å². The maximum absolute atomic E-state index is 12.2. The molecule has 0 radical (unpaired) electrons. The predicted octanol–water partition coefficient (Wildman–Crippen LogP) is 2.81. The van der Waals surface area contributed by atoms with Crippen LogP contribution >= 0.6 is 11.6 Å². The number of likely N-dealkylation sites (tertiary alicyclic amines) is 1. The number of benzene rings is 2. The minimum atomic E-state index is -0.633. The average Bonchev–Trinajstić information content (AvgIpc) is 3.01. The largest absolute Gasteiger partial charge is 0.445 e. The second-order valence-corrected chi connectivity index (χ2v) is 6.50. The molecule has 2 aromatic carbocycles. The van der Waals surface area contributed by atoms with Crippen LogP contribution in [0, 0.1) is 0 Å². The maximum Gasteiger partial charge on any atom is 0.410 e. The van der Waals surface area contributed by atoms with Crippen molar-refractivity contribution in [1.29, 1.82) is 0 Å². The Bertz CT molecular complexity index is 711. The third-order valence-corrected chi connectivity index (χ3v) is 4.63. The highest BCUT2D eigenvalue weighted by molar-refractivity contribution is 6.31. The Hall–Kier alpha value is -2.08. The van der Waals surface area contributed by atoms with Gasteiger partial charge in [0.2, 0.25) is 0 Å². The highest BCUT2D eigenvalue weighted by atomic mass is 35.5. The van der Waals surface area contributed by atoms with Crippen molar-refractivity contribution in [3.63, 3.8) is 0 Å². The highest BCUT2D eigenvalue weighted by Gasteiger charge is 2.34. The van der Waals surface area contributed by atoms with E-state index in [0.717, 1.165) is 11.1 Å². The van der Waals surface area contributed by atoms with Gasteiger partial charge in [0, 0.05) is 18.1 Å². The number of amides is 1. The molecule has 0 aromatic heterocycles. The molecule has 1 amide bonds. The van der Waals surface area contributed by atoms with Crippen LogP contribution in [0.5, 0.6) is 0 Å². The van der Waals surface area contributed by atoms with E-state index in [-0.39, 0.29) is 19.2 Å². The van der Waals surface area contributed by atoms with Crippen LogP contribution in [-0.4, -0.2) is 41.3 Å². The van der Waals surface area contributed by atoms with E-state index < -0.39 is 12.2 Å². The summed E-state index contributed by atoms with van der Waals surface area (Å²) in [5.41, 5.74) is 1.89. The van der Waals surface area contributed by atoms with Gasteiger partial charge in [0.05, 0.1) is 18.7 Å². The van der Waals surface area contributed by atoms with Crippen molar-refractivity contribution in [3.8, 4) is 0 Å². The number of ether oxygens (including phenoxy) is 1. The van der Waals surface area contributed by atoms with E-state index >= 15 is 0 Å². The number of β-amino-alcohol motifs (C(OH)–C–C–N with tert-alkyl or cyclic N) is 1. The summed E-state index contributed by atoms with van der Waals surface area (Å²) in [6.07, 6.45) is -1.04. The molecular weight excluding hydrogens is 340 g/mol. The van der Waals surface area contributed by atoms with Gasteiger partial charge in [-0.05, 0) is 17.2 Å². The lowest BCUT2D eigenvalue weighted by Gasteiger charge is -2.17. The molecule has 0 aliphatic carbocycles. The first-order valence-corrected chi connectivity index (χ1v) is 8.62. The number of carbonyl (C=O) groups excluding carboxylic acids is 1. The zero-order chi connectivity index (χ0) is 17.6. The quantitative estimate of drug-likeness (QED) is 0.860. The van der Waals surface area contributed by atoms with Crippen molar-refractivity contribution in [1.82, 2.24) is 10.2 Å². The SMILES string of the molecule is O=C(OCc1ccccc1)N1C[C@H](NCc2ccccc2Cl)[C@@H](O)C1. The molecule has 1 aliphatic rings. The van der Waals surface area contributed by atoms with Crippen molar-refractivity contribution in [2.24, 2.45) is 0 Å². The molecule has 2 N–H and O–H groups in total. The molecule has 0 unspecified atom stereocenters. The maximum atomic E-state index is 12.2. The van der Waals surface area contributed by atoms with E-state index in [2.05, 4.69) is 5.32 Å². The highest BCUT2D eigenvalue weighted by Crippen LogP contribution is 2.17. The van der Waals surface area contributed by atoms with Crippen LogP contribution in [0.3, 0.4) is 0 Å². The summed E-state index contributed by atoms with van der Waals surface area (Å²) >= 11 is 6.14. The number of hydrogen-bond acceptors (Lipinski definition) is 4. The smallest absolute Gasteiger partial charge is 0.410 e. The molecule has 132 valence electrons. The number of hydrogen-bond donors (Lipinski definition) is 2. The van der Waals surface area contributed by atoms with Gasteiger partial charge in [-0.2, -0.15) is 0 Å². The van der Waals surface area contributed by atoms with Crippen molar-refractivity contribution >= 4 is 17.7 Å². The second kappa shape index (κ2) is 8.34. The molecular formula is C19H21ClN2O3. The average molecular weight is 361 g/mol. The van der Waals surface area contributed by atoms with E-state index in [4.69, 9.17) is 16.3 Å². The van der Waals surface area contributed by atoms with Gasteiger partial charge in [0.25, 0.3) is 0 Å². The summed E-state index contributed by atoms with van der Waals surface area (Å²) in [4.78, 5) is 13.7. The van der Waals surface area contributed by atoms with Crippen LogP contribution in [-0.2, 0) is 17.9 Å². The molecule has 0 bridgehead atoms. The van der Waals surface area contributed by atoms with Gasteiger partial charge in [0.1, 0.15) is 6.61 Å².